The lowest BCUT2D eigenvalue weighted by Gasteiger charge is -2.21. The van der Waals surface area contributed by atoms with Gasteiger partial charge in [0.1, 0.15) is 18.2 Å². The lowest BCUT2D eigenvalue weighted by Crippen LogP contribution is -2.46. The highest BCUT2D eigenvalue weighted by Gasteiger charge is 2.29. The molecule has 4 heteroatoms. The average molecular weight is 490 g/mol. The van der Waals surface area contributed by atoms with Crippen molar-refractivity contribution in [1.29, 1.82) is 0 Å². The number of aromatic nitrogens is 1. The highest BCUT2D eigenvalue weighted by Crippen LogP contribution is 2.44. The Morgan fingerprint density at radius 1 is 0.806 bits per heavy atom. The van der Waals surface area contributed by atoms with Crippen LogP contribution in [0.2, 0.25) is 19.6 Å². The largest absolute Gasteiger partial charge is 0.456 e. The number of benzene rings is 3. The molecule has 0 aliphatic rings. The van der Waals surface area contributed by atoms with E-state index in [9.17, 15) is 0 Å². The van der Waals surface area contributed by atoms with E-state index in [0.717, 1.165) is 38.6 Å². The summed E-state index contributed by atoms with van der Waals surface area (Å²) < 4.78 is 9.09. The maximum atomic E-state index is 7.83. The van der Waals surface area contributed by atoms with Crippen LogP contribution in [0.3, 0.4) is 0 Å². The monoisotopic (exact) mass is 489 g/mol. The molecule has 3 nitrogen and oxygen atoms in total. The van der Waals surface area contributed by atoms with Crippen LogP contribution >= 0.6 is 0 Å². The quantitative estimate of drug-likeness (QED) is 0.143. The SMILES string of the molecule is [C-]#[N+]c1ccc2c(oc3c(-c4cc([Si](C)(C)C)c(C)c(C)[n+]4C)c(C)ccc32)c1-c1ccc(C)cc1. The number of aryl methyl sites for hydroxylation is 2. The van der Waals surface area contributed by atoms with Gasteiger partial charge in [-0.25, -0.2) is 4.85 Å². The number of fused-ring (bicyclic) bond motifs is 3. The van der Waals surface area contributed by atoms with Gasteiger partial charge in [0, 0.05) is 34.9 Å². The summed E-state index contributed by atoms with van der Waals surface area (Å²) in [6.45, 7) is 23.8. The van der Waals surface area contributed by atoms with E-state index in [-0.39, 0.29) is 0 Å². The molecule has 0 aliphatic carbocycles. The summed E-state index contributed by atoms with van der Waals surface area (Å²) in [5.74, 6) is 0. The fraction of sp³-hybridized carbons (Fsp3) is 0.250. The van der Waals surface area contributed by atoms with Crippen LogP contribution in [-0.4, -0.2) is 8.07 Å². The van der Waals surface area contributed by atoms with Gasteiger partial charge in [-0.15, -0.1) is 0 Å². The van der Waals surface area contributed by atoms with Gasteiger partial charge in [0.2, 0.25) is 5.69 Å². The van der Waals surface area contributed by atoms with Crippen LogP contribution in [0.5, 0.6) is 0 Å². The summed E-state index contributed by atoms with van der Waals surface area (Å²) in [5, 5.41) is 3.62. The number of nitrogens with zero attached hydrogens (tertiary/aromatic N) is 2. The minimum atomic E-state index is -1.56. The van der Waals surface area contributed by atoms with E-state index < -0.39 is 8.07 Å². The molecule has 3 aromatic carbocycles. The first kappa shape index (κ1) is 24.0. The fourth-order valence-corrected chi connectivity index (χ4v) is 7.27. The Hall–Kier alpha value is -3.68. The van der Waals surface area contributed by atoms with Gasteiger partial charge in [-0.1, -0.05) is 73.7 Å². The molecule has 0 saturated carbocycles. The van der Waals surface area contributed by atoms with Crippen molar-refractivity contribution in [3.8, 4) is 22.4 Å². The Labute approximate surface area is 214 Å². The Bertz CT molecular complexity index is 1710. The minimum Gasteiger partial charge on any atom is -0.456 e. The lowest BCUT2D eigenvalue weighted by molar-refractivity contribution is -0.666. The Kier molecular flexibility index (Phi) is 5.65. The fourth-order valence-electron chi connectivity index (χ4n) is 5.39. The molecular weight excluding hydrogens is 456 g/mol. The van der Waals surface area contributed by atoms with Crippen LogP contribution in [0.1, 0.15) is 22.4 Å². The third-order valence-electron chi connectivity index (χ3n) is 7.61. The maximum absolute atomic E-state index is 7.83. The first-order valence-corrected chi connectivity index (χ1v) is 16.0. The summed E-state index contributed by atoms with van der Waals surface area (Å²) in [6.07, 6.45) is 0. The van der Waals surface area contributed by atoms with Crippen molar-refractivity contribution in [3.05, 3.63) is 88.4 Å². The van der Waals surface area contributed by atoms with E-state index in [2.05, 4.69) is 106 Å². The second-order valence-electron chi connectivity index (χ2n) is 11.0. The molecule has 5 aromatic rings. The van der Waals surface area contributed by atoms with Crippen LogP contribution in [-0.2, 0) is 7.05 Å². The topological polar surface area (TPSA) is 21.4 Å². The van der Waals surface area contributed by atoms with Crippen LogP contribution in [0, 0.1) is 34.3 Å². The number of pyridine rings is 1. The molecule has 0 fully saturated rings. The van der Waals surface area contributed by atoms with Gasteiger partial charge in [-0.3, -0.25) is 0 Å². The van der Waals surface area contributed by atoms with Crippen molar-refractivity contribution >= 4 is 40.9 Å². The van der Waals surface area contributed by atoms with Crippen molar-refractivity contribution < 1.29 is 8.98 Å². The van der Waals surface area contributed by atoms with Crippen LogP contribution < -0.4 is 9.75 Å². The summed E-state index contributed by atoms with van der Waals surface area (Å²) in [5.41, 5.74) is 11.5. The van der Waals surface area contributed by atoms with Gasteiger partial charge in [0.15, 0.2) is 11.4 Å². The average Bonchev–Trinajstić information content (AvgIpc) is 3.21. The molecule has 36 heavy (non-hydrogen) atoms. The number of hydrogen-bond acceptors (Lipinski definition) is 1. The van der Waals surface area contributed by atoms with Crippen LogP contribution in [0.15, 0.2) is 59.0 Å². The number of furan rings is 1. The smallest absolute Gasteiger partial charge is 0.216 e. The molecule has 0 unspecified atom stereocenters. The van der Waals surface area contributed by atoms with Gasteiger partial charge in [-0.2, -0.15) is 4.57 Å². The van der Waals surface area contributed by atoms with E-state index in [1.807, 2.05) is 12.1 Å². The summed E-state index contributed by atoms with van der Waals surface area (Å²) in [7, 11) is 0.594. The molecule has 5 rings (SSSR count). The van der Waals surface area contributed by atoms with Gasteiger partial charge in [0.25, 0.3) is 0 Å². The zero-order valence-corrected chi connectivity index (χ0v) is 23.5. The van der Waals surface area contributed by atoms with Crippen molar-refractivity contribution in [1.82, 2.24) is 0 Å². The Morgan fingerprint density at radius 3 is 2.03 bits per heavy atom. The van der Waals surface area contributed by atoms with E-state index >= 15 is 0 Å². The zero-order chi connectivity index (χ0) is 25.9. The van der Waals surface area contributed by atoms with Gasteiger partial charge < -0.3 is 4.42 Å². The normalized spacial score (nSPS) is 11.9. The van der Waals surface area contributed by atoms with Gasteiger partial charge in [-0.05, 0) is 37.1 Å². The molecule has 0 N–H and O–H groups in total. The molecule has 0 bridgehead atoms. The van der Waals surface area contributed by atoms with E-state index in [1.54, 1.807) is 0 Å². The van der Waals surface area contributed by atoms with Gasteiger partial charge >= 0.3 is 0 Å². The predicted molar refractivity (Wildman–Crippen MR) is 154 cm³/mol. The first-order chi connectivity index (χ1) is 17.0. The van der Waals surface area contributed by atoms with E-state index in [4.69, 9.17) is 11.0 Å². The second kappa shape index (κ2) is 8.46. The third-order valence-corrected chi connectivity index (χ3v) is 9.75. The van der Waals surface area contributed by atoms with Crippen molar-refractivity contribution in [3.63, 3.8) is 0 Å². The molecule has 2 aromatic heterocycles. The van der Waals surface area contributed by atoms with E-state index in [0.29, 0.717) is 5.69 Å². The molecule has 2 heterocycles. The predicted octanol–water partition coefficient (Wildman–Crippen LogP) is 8.07. The van der Waals surface area contributed by atoms with Gasteiger partial charge in [0.05, 0.1) is 20.2 Å². The van der Waals surface area contributed by atoms with Crippen LogP contribution in [0.25, 0.3) is 49.2 Å². The second-order valence-corrected chi connectivity index (χ2v) is 16.1. The lowest BCUT2D eigenvalue weighted by atomic mass is 9.97. The van der Waals surface area contributed by atoms with Crippen LogP contribution in [0.4, 0.5) is 5.69 Å². The molecule has 0 atom stereocenters. The molecule has 0 amide bonds. The molecule has 0 spiro atoms. The Morgan fingerprint density at radius 2 is 1.42 bits per heavy atom. The molecule has 0 saturated heterocycles. The number of hydrogen-bond donors (Lipinski definition) is 0. The molecule has 0 aliphatic heterocycles. The Balaban J connectivity index is 1.91. The molecule has 0 radical (unpaired) electrons. The van der Waals surface area contributed by atoms with Crippen molar-refractivity contribution in [2.45, 2.75) is 47.3 Å². The zero-order valence-electron chi connectivity index (χ0n) is 22.5. The van der Waals surface area contributed by atoms with Crippen molar-refractivity contribution in [2.75, 3.05) is 0 Å². The summed E-state index contributed by atoms with van der Waals surface area (Å²) in [4.78, 5) is 3.85. The highest BCUT2D eigenvalue weighted by atomic mass is 28.3. The number of rotatable bonds is 3. The molecule has 180 valence electrons. The third kappa shape index (κ3) is 3.67. The minimum absolute atomic E-state index is 0.612. The summed E-state index contributed by atoms with van der Waals surface area (Å²) >= 11 is 0. The van der Waals surface area contributed by atoms with Crippen molar-refractivity contribution in [2.24, 2.45) is 7.05 Å². The maximum Gasteiger partial charge on any atom is 0.216 e. The van der Waals surface area contributed by atoms with E-state index in [1.165, 1.54) is 33.3 Å². The molecular formula is C32H33N2OSi+. The highest BCUT2D eigenvalue weighted by molar-refractivity contribution is 6.89. The first-order valence-electron chi connectivity index (χ1n) is 12.5. The standard InChI is InChI=1S/C32H33N2OSi/c1-19-10-13-23(14-11-19)30-26(33-5)17-16-25-24-15-12-20(2)29(31(24)35-32(25)30)27-18-28(36(7,8)9)21(3)22(4)34(27)6/h10-18H,1-4,6-9H3/q+1. The summed E-state index contributed by atoms with van der Waals surface area (Å²) in [6, 6.07) is 19.1.